The van der Waals surface area contributed by atoms with E-state index in [4.69, 9.17) is 0 Å². The molecule has 1 aliphatic carbocycles. The van der Waals surface area contributed by atoms with E-state index in [0.29, 0.717) is 0 Å². The average Bonchev–Trinajstić information content (AvgIpc) is 2.92. The first-order valence-electron chi connectivity index (χ1n) is 4.89. The van der Waals surface area contributed by atoms with Crippen LogP contribution in [0.1, 0.15) is 6.42 Å². The second kappa shape index (κ2) is 10.9. The molecular weight excluding hydrogens is 330 g/mol. The van der Waals surface area contributed by atoms with E-state index in [1.54, 1.807) is 0 Å². The van der Waals surface area contributed by atoms with Crippen molar-refractivity contribution in [3.8, 4) is 0 Å². The van der Waals surface area contributed by atoms with Gasteiger partial charge in [-0.1, -0.05) is 30.4 Å². The maximum atomic E-state index is 2.12. The summed E-state index contributed by atoms with van der Waals surface area (Å²) >= 11 is 0. The first kappa shape index (κ1) is 19.1. The van der Waals surface area contributed by atoms with Gasteiger partial charge in [0.15, 0.2) is 0 Å². The SMILES string of the molecule is C1=CCC=C1.[Cl-].[Cl-].[Zr+3].c1ccc2[cH-]ccc2c1. The summed E-state index contributed by atoms with van der Waals surface area (Å²) in [6.07, 6.45) is 9.50. The summed E-state index contributed by atoms with van der Waals surface area (Å²) in [6.45, 7) is 0. The summed E-state index contributed by atoms with van der Waals surface area (Å²) in [6, 6.07) is 14.7. The smallest absolute Gasteiger partial charge is 1.00 e. The Balaban J connectivity index is 0. The predicted octanol–water partition coefficient (Wildman–Crippen LogP) is -1.93. The van der Waals surface area contributed by atoms with Crippen molar-refractivity contribution >= 4 is 10.8 Å². The van der Waals surface area contributed by atoms with Crippen LogP contribution < -0.4 is 24.8 Å². The van der Waals surface area contributed by atoms with Crippen LogP contribution in [0.25, 0.3) is 10.8 Å². The molecule has 0 aromatic heterocycles. The molecule has 0 heterocycles. The van der Waals surface area contributed by atoms with E-state index in [9.17, 15) is 0 Å². The zero-order valence-electron chi connectivity index (χ0n) is 9.31. The molecule has 1 aliphatic rings. The average molecular weight is 343 g/mol. The Kier molecular flexibility index (Phi) is 12.3. The third-order valence-corrected chi connectivity index (χ3v) is 2.20. The zero-order chi connectivity index (χ0) is 9.64. The van der Waals surface area contributed by atoms with Gasteiger partial charge in [0.1, 0.15) is 0 Å². The number of hydrogen-bond donors (Lipinski definition) is 0. The first-order valence-corrected chi connectivity index (χ1v) is 4.89. The molecule has 3 rings (SSSR count). The molecule has 0 spiro atoms. The minimum absolute atomic E-state index is 0. The topological polar surface area (TPSA) is 0 Å². The monoisotopic (exact) mass is 341 g/mol. The molecule has 0 aliphatic heterocycles. The maximum absolute atomic E-state index is 2.12. The molecule has 2 aromatic carbocycles. The van der Waals surface area contributed by atoms with Gasteiger partial charge in [0.05, 0.1) is 0 Å². The standard InChI is InChI=1S/C9H7.C5H6.2ClH.Zr/c1-2-5-9-7-3-6-8(9)4-1;1-2-4-5-3-1;;;/h1-7H;1-4H,5H2;2*1H;/q-1;;;;+3/p-2. The summed E-state index contributed by atoms with van der Waals surface area (Å²) < 4.78 is 0. The molecule has 1 radical (unpaired) electrons. The Morgan fingerprint density at radius 1 is 0.882 bits per heavy atom. The Morgan fingerprint density at radius 2 is 1.53 bits per heavy atom. The second-order valence-corrected chi connectivity index (χ2v) is 3.25. The van der Waals surface area contributed by atoms with Crippen LogP contribution >= 0.6 is 0 Å². The van der Waals surface area contributed by atoms with Gasteiger partial charge in [0.2, 0.25) is 0 Å². The molecule has 0 unspecified atom stereocenters. The van der Waals surface area contributed by atoms with Crippen LogP contribution in [0.4, 0.5) is 0 Å². The van der Waals surface area contributed by atoms with Crippen molar-refractivity contribution in [2.24, 2.45) is 0 Å². The first-order chi connectivity index (χ1) is 6.97. The molecule has 0 fully saturated rings. The van der Waals surface area contributed by atoms with E-state index in [-0.39, 0.29) is 51.0 Å². The molecule has 0 saturated carbocycles. The van der Waals surface area contributed by atoms with Crippen LogP contribution in [-0.4, -0.2) is 0 Å². The number of halogens is 2. The second-order valence-electron chi connectivity index (χ2n) is 3.25. The molecule has 87 valence electrons. The van der Waals surface area contributed by atoms with E-state index >= 15 is 0 Å². The summed E-state index contributed by atoms with van der Waals surface area (Å²) in [7, 11) is 0. The normalized spacial score (nSPS) is 10.6. The predicted molar refractivity (Wildman–Crippen MR) is 62.4 cm³/mol. The number of rotatable bonds is 0. The Morgan fingerprint density at radius 3 is 2.06 bits per heavy atom. The van der Waals surface area contributed by atoms with Gasteiger partial charge in [-0.2, -0.15) is 17.5 Å². The molecule has 2 aromatic rings. The third kappa shape index (κ3) is 6.31. The van der Waals surface area contributed by atoms with E-state index in [2.05, 4.69) is 66.8 Å². The van der Waals surface area contributed by atoms with Gasteiger partial charge in [-0.05, 0) is 6.42 Å². The summed E-state index contributed by atoms with van der Waals surface area (Å²) in [5.41, 5.74) is 0. The van der Waals surface area contributed by atoms with Gasteiger partial charge in [0.25, 0.3) is 0 Å². The Hall–Kier alpha value is -0.227. The minimum atomic E-state index is 0. The van der Waals surface area contributed by atoms with Crippen molar-refractivity contribution in [2.75, 3.05) is 0 Å². The molecule has 0 saturated heterocycles. The molecule has 0 amide bonds. The fraction of sp³-hybridized carbons (Fsp3) is 0.0714. The van der Waals surface area contributed by atoms with Crippen molar-refractivity contribution in [3.63, 3.8) is 0 Å². The quantitative estimate of drug-likeness (QED) is 0.489. The fourth-order valence-corrected chi connectivity index (χ4v) is 1.46. The van der Waals surface area contributed by atoms with Gasteiger partial charge in [-0.3, -0.25) is 0 Å². The van der Waals surface area contributed by atoms with E-state index < -0.39 is 0 Å². The van der Waals surface area contributed by atoms with Crippen molar-refractivity contribution < 1.29 is 51.0 Å². The van der Waals surface area contributed by atoms with Crippen LogP contribution in [0.3, 0.4) is 0 Å². The van der Waals surface area contributed by atoms with Crippen molar-refractivity contribution in [1.82, 2.24) is 0 Å². The molecule has 0 N–H and O–H groups in total. The number of allylic oxidation sites excluding steroid dienone is 4. The van der Waals surface area contributed by atoms with Crippen molar-refractivity contribution in [3.05, 3.63) is 66.8 Å². The van der Waals surface area contributed by atoms with Gasteiger partial charge in [0, 0.05) is 0 Å². The van der Waals surface area contributed by atoms with Crippen molar-refractivity contribution in [2.45, 2.75) is 6.42 Å². The van der Waals surface area contributed by atoms with Crippen LogP contribution in [0, 0.1) is 0 Å². The number of benzene rings is 1. The van der Waals surface area contributed by atoms with Crippen molar-refractivity contribution in [1.29, 1.82) is 0 Å². The van der Waals surface area contributed by atoms with Crippen LogP contribution in [0.5, 0.6) is 0 Å². The van der Waals surface area contributed by atoms with Crippen LogP contribution in [0.15, 0.2) is 66.8 Å². The largest absolute Gasteiger partial charge is 3.00 e. The molecule has 17 heavy (non-hydrogen) atoms. The molecule has 0 nitrogen and oxygen atoms in total. The van der Waals surface area contributed by atoms with Gasteiger partial charge in [-0.25, -0.2) is 0 Å². The summed E-state index contributed by atoms with van der Waals surface area (Å²) in [5, 5.41) is 2.66. The molecule has 0 atom stereocenters. The number of hydrogen-bond acceptors (Lipinski definition) is 0. The minimum Gasteiger partial charge on any atom is -1.00 e. The third-order valence-electron chi connectivity index (χ3n) is 2.20. The van der Waals surface area contributed by atoms with Crippen LogP contribution in [0.2, 0.25) is 0 Å². The van der Waals surface area contributed by atoms with E-state index in [1.165, 1.54) is 10.8 Å². The fourth-order valence-electron chi connectivity index (χ4n) is 1.46. The Labute approximate surface area is 134 Å². The number of fused-ring (bicyclic) bond motifs is 1. The van der Waals surface area contributed by atoms with E-state index in [0.717, 1.165) is 6.42 Å². The zero-order valence-corrected chi connectivity index (χ0v) is 13.3. The van der Waals surface area contributed by atoms with E-state index in [1.807, 2.05) is 0 Å². The molecule has 0 bridgehead atoms. The summed E-state index contributed by atoms with van der Waals surface area (Å²) in [5.74, 6) is 0. The van der Waals surface area contributed by atoms with Crippen LogP contribution in [-0.2, 0) is 26.2 Å². The summed E-state index contributed by atoms with van der Waals surface area (Å²) in [4.78, 5) is 0. The van der Waals surface area contributed by atoms with Gasteiger partial charge in [-0.15, -0.1) is 29.7 Å². The van der Waals surface area contributed by atoms with Gasteiger partial charge < -0.3 is 24.8 Å². The molecule has 3 heteroatoms. The molecular formula is C14H13Cl2Zr. The maximum Gasteiger partial charge on any atom is 3.00 e. The van der Waals surface area contributed by atoms with Gasteiger partial charge >= 0.3 is 26.2 Å². The Bertz CT molecular complexity index is 418.